The fourth-order valence-corrected chi connectivity index (χ4v) is 4.26. The molecule has 1 N–H and O–H groups in total. The molecule has 1 fully saturated rings. The summed E-state index contributed by atoms with van der Waals surface area (Å²) in [5.41, 5.74) is 2.48. The smallest absolute Gasteiger partial charge is 0.224 e. The molecule has 3 rings (SSSR count). The molecule has 112 valence electrons. The van der Waals surface area contributed by atoms with Crippen LogP contribution in [0.2, 0.25) is 0 Å². The van der Waals surface area contributed by atoms with Crippen molar-refractivity contribution in [2.75, 3.05) is 11.5 Å². The Morgan fingerprint density at radius 1 is 1.48 bits per heavy atom. The minimum Gasteiger partial charge on any atom is -0.439 e. The van der Waals surface area contributed by atoms with Crippen LogP contribution in [0.15, 0.2) is 22.6 Å². The van der Waals surface area contributed by atoms with E-state index in [4.69, 9.17) is 4.42 Å². The van der Waals surface area contributed by atoms with E-state index in [0.717, 1.165) is 11.1 Å². The maximum Gasteiger partial charge on any atom is 0.224 e. The quantitative estimate of drug-likeness (QED) is 0.920. The van der Waals surface area contributed by atoms with E-state index >= 15 is 0 Å². The van der Waals surface area contributed by atoms with Crippen molar-refractivity contribution >= 4 is 26.8 Å². The van der Waals surface area contributed by atoms with Gasteiger partial charge in [-0.3, -0.25) is 4.79 Å². The third-order valence-corrected chi connectivity index (χ3v) is 5.45. The van der Waals surface area contributed by atoms with Crippen molar-refractivity contribution in [2.24, 2.45) is 5.92 Å². The predicted molar refractivity (Wildman–Crippen MR) is 77.4 cm³/mol. The summed E-state index contributed by atoms with van der Waals surface area (Å²) < 4.78 is 28.3. The molecule has 1 aromatic heterocycles. The van der Waals surface area contributed by atoms with Crippen molar-refractivity contribution in [3.63, 3.8) is 0 Å². The van der Waals surface area contributed by atoms with Crippen molar-refractivity contribution in [1.29, 1.82) is 0 Å². The number of fused-ring (bicyclic) bond motifs is 1. The highest BCUT2D eigenvalue weighted by Crippen LogP contribution is 2.20. The number of hydrogen-bond donors (Lipinski definition) is 1. The van der Waals surface area contributed by atoms with E-state index in [1.54, 1.807) is 0 Å². The maximum atomic E-state index is 11.9. The van der Waals surface area contributed by atoms with Crippen LogP contribution in [0.5, 0.6) is 0 Å². The Labute approximate surface area is 122 Å². The monoisotopic (exact) mass is 308 g/mol. The highest BCUT2D eigenvalue weighted by Gasteiger charge is 2.32. The summed E-state index contributed by atoms with van der Waals surface area (Å²) in [6.07, 6.45) is 0.390. The Hall–Kier alpha value is -1.89. The molecule has 0 spiro atoms. The Morgan fingerprint density at radius 2 is 2.29 bits per heavy atom. The molecule has 1 saturated heterocycles. The molecule has 0 unspecified atom stereocenters. The van der Waals surface area contributed by atoms with Gasteiger partial charge in [0.05, 0.1) is 24.0 Å². The number of nitrogens with zero attached hydrogens (tertiary/aromatic N) is 1. The largest absolute Gasteiger partial charge is 0.439 e. The Balaban J connectivity index is 1.66. The number of carbonyl (C=O) groups excluding carboxylic acids is 1. The molecular formula is C14H16N2O4S. The van der Waals surface area contributed by atoms with Gasteiger partial charge in [-0.1, -0.05) is 12.1 Å². The number of nitrogens with one attached hydrogen (secondary N) is 1. The van der Waals surface area contributed by atoms with Crippen LogP contribution in [0.3, 0.4) is 0 Å². The molecule has 7 heteroatoms. The number of para-hydroxylation sites is 1. The zero-order valence-corrected chi connectivity index (χ0v) is 12.4. The first-order valence-electron chi connectivity index (χ1n) is 6.78. The SMILES string of the molecule is Cc1cccc2oc(CNC(=O)[C@@H]3CCS(=O)(=O)C3)nc12. The van der Waals surface area contributed by atoms with Crippen molar-refractivity contribution in [3.8, 4) is 0 Å². The number of aromatic nitrogens is 1. The Morgan fingerprint density at radius 3 is 2.95 bits per heavy atom. The van der Waals surface area contributed by atoms with Gasteiger partial charge < -0.3 is 9.73 Å². The minimum atomic E-state index is -3.05. The van der Waals surface area contributed by atoms with E-state index in [1.807, 2.05) is 25.1 Å². The Bertz CT molecular complexity index is 794. The molecule has 21 heavy (non-hydrogen) atoms. The van der Waals surface area contributed by atoms with Gasteiger partial charge in [0.1, 0.15) is 5.52 Å². The standard InChI is InChI=1S/C14H16N2O4S/c1-9-3-2-4-11-13(9)16-12(20-11)7-15-14(17)10-5-6-21(18,19)8-10/h2-4,10H,5-8H2,1H3,(H,15,17)/t10-/m1/s1. The summed E-state index contributed by atoms with van der Waals surface area (Å²) in [5, 5.41) is 2.70. The number of amides is 1. The summed E-state index contributed by atoms with van der Waals surface area (Å²) in [6.45, 7) is 2.11. The number of carbonyl (C=O) groups is 1. The van der Waals surface area contributed by atoms with Gasteiger partial charge in [0.25, 0.3) is 0 Å². The predicted octanol–water partition coefficient (Wildman–Crippen LogP) is 1.19. The lowest BCUT2D eigenvalue weighted by Crippen LogP contribution is -2.31. The number of aryl methyl sites for hydroxylation is 1. The van der Waals surface area contributed by atoms with Crippen molar-refractivity contribution < 1.29 is 17.6 Å². The first-order valence-corrected chi connectivity index (χ1v) is 8.60. The number of rotatable bonds is 3. The van der Waals surface area contributed by atoms with Gasteiger partial charge in [-0.2, -0.15) is 0 Å². The third-order valence-electron chi connectivity index (χ3n) is 3.68. The summed E-state index contributed by atoms with van der Waals surface area (Å²) in [7, 11) is -3.05. The molecule has 0 saturated carbocycles. The van der Waals surface area contributed by atoms with Crippen LogP contribution in [0, 0.1) is 12.8 Å². The maximum absolute atomic E-state index is 11.9. The summed E-state index contributed by atoms with van der Waals surface area (Å²) in [6, 6.07) is 5.65. The topological polar surface area (TPSA) is 89.3 Å². The summed E-state index contributed by atoms with van der Waals surface area (Å²) >= 11 is 0. The van der Waals surface area contributed by atoms with Gasteiger partial charge in [0.15, 0.2) is 15.4 Å². The molecule has 1 atom stereocenters. The van der Waals surface area contributed by atoms with Crippen molar-refractivity contribution in [3.05, 3.63) is 29.7 Å². The highest BCUT2D eigenvalue weighted by molar-refractivity contribution is 7.91. The minimum absolute atomic E-state index is 0.0640. The van der Waals surface area contributed by atoms with Crippen LogP contribution in [0.1, 0.15) is 17.9 Å². The van der Waals surface area contributed by atoms with Gasteiger partial charge in [0.2, 0.25) is 11.8 Å². The molecule has 1 aliphatic heterocycles. The van der Waals surface area contributed by atoms with Crippen LogP contribution < -0.4 is 5.32 Å². The van der Waals surface area contributed by atoms with Gasteiger partial charge in [-0.05, 0) is 25.0 Å². The molecule has 0 bridgehead atoms. The lowest BCUT2D eigenvalue weighted by molar-refractivity contribution is -0.124. The normalized spacial score (nSPS) is 20.7. The number of benzene rings is 1. The molecule has 2 heterocycles. The lowest BCUT2D eigenvalue weighted by Gasteiger charge is -2.07. The molecule has 0 radical (unpaired) electrons. The van der Waals surface area contributed by atoms with Crippen LogP contribution in [-0.2, 0) is 21.2 Å². The molecule has 2 aromatic rings. The highest BCUT2D eigenvalue weighted by atomic mass is 32.2. The molecule has 6 nitrogen and oxygen atoms in total. The fourth-order valence-electron chi connectivity index (χ4n) is 2.52. The summed E-state index contributed by atoms with van der Waals surface area (Å²) in [4.78, 5) is 16.3. The van der Waals surface area contributed by atoms with Gasteiger partial charge in [-0.15, -0.1) is 0 Å². The van der Waals surface area contributed by atoms with Crippen LogP contribution >= 0.6 is 0 Å². The molecule has 0 aliphatic carbocycles. The van der Waals surface area contributed by atoms with Crippen molar-refractivity contribution in [2.45, 2.75) is 19.9 Å². The average molecular weight is 308 g/mol. The number of hydrogen-bond acceptors (Lipinski definition) is 5. The van der Waals surface area contributed by atoms with Gasteiger partial charge in [-0.25, -0.2) is 13.4 Å². The lowest BCUT2D eigenvalue weighted by atomic mass is 10.1. The number of sulfone groups is 1. The second kappa shape index (κ2) is 5.14. The van der Waals surface area contributed by atoms with Crippen molar-refractivity contribution in [1.82, 2.24) is 10.3 Å². The molecular weight excluding hydrogens is 292 g/mol. The van der Waals surface area contributed by atoms with Gasteiger partial charge >= 0.3 is 0 Å². The second-order valence-corrected chi connectivity index (χ2v) is 7.58. The first kappa shape index (κ1) is 14.1. The first-order chi connectivity index (χ1) is 9.94. The van der Waals surface area contributed by atoms with E-state index in [0.29, 0.717) is 17.9 Å². The van der Waals surface area contributed by atoms with E-state index < -0.39 is 15.8 Å². The van der Waals surface area contributed by atoms with Crippen LogP contribution in [0.25, 0.3) is 11.1 Å². The molecule has 1 amide bonds. The van der Waals surface area contributed by atoms with Gasteiger partial charge in [0, 0.05) is 0 Å². The zero-order valence-electron chi connectivity index (χ0n) is 11.6. The molecule has 1 aromatic carbocycles. The average Bonchev–Trinajstić information content (AvgIpc) is 3.00. The van der Waals surface area contributed by atoms with E-state index in [9.17, 15) is 13.2 Å². The van der Waals surface area contributed by atoms with E-state index in [-0.39, 0.29) is 24.0 Å². The Kier molecular flexibility index (Phi) is 3.44. The third kappa shape index (κ3) is 2.92. The van der Waals surface area contributed by atoms with E-state index in [2.05, 4.69) is 10.3 Å². The van der Waals surface area contributed by atoms with E-state index in [1.165, 1.54) is 0 Å². The zero-order chi connectivity index (χ0) is 15.0. The summed E-state index contributed by atoms with van der Waals surface area (Å²) in [5.74, 6) is -0.261. The van der Waals surface area contributed by atoms with Crippen LogP contribution in [0.4, 0.5) is 0 Å². The fraction of sp³-hybridized carbons (Fsp3) is 0.429. The number of oxazole rings is 1. The second-order valence-electron chi connectivity index (χ2n) is 5.35. The molecule has 1 aliphatic rings. The van der Waals surface area contributed by atoms with Crippen LogP contribution in [-0.4, -0.2) is 30.8 Å².